The number of nitrogens with one attached hydrogen (secondary N) is 1. The van der Waals surface area contributed by atoms with Gasteiger partial charge in [-0.15, -0.1) is 5.10 Å². The van der Waals surface area contributed by atoms with E-state index in [1.807, 2.05) is 72.8 Å². The zero-order valence-electron chi connectivity index (χ0n) is 16.9. The summed E-state index contributed by atoms with van der Waals surface area (Å²) in [6.07, 6.45) is 1.77. The van der Waals surface area contributed by atoms with Crippen LogP contribution in [0.15, 0.2) is 91.3 Å². The standard InChI is InChI=1S/C24H18N6OS/c31-21(15-17-11-13-20(14-12-17)30-16-25-28-29-30)26-24-27-22(18-7-3-1-4-8-18)23(32-24)19-9-5-2-6-10-19/h1-14,16H,15H2,(H,26,27,31). The van der Waals surface area contributed by atoms with E-state index in [4.69, 9.17) is 4.98 Å². The average molecular weight is 439 g/mol. The lowest BCUT2D eigenvalue weighted by Crippen LogP contribution is -2.14. The van der Waals surface area contributed by atoms with Crippen LogP contribution in [0, 0.1) is 0 Å². The lowest BCUT2D eigenvalue weighted by Gasteiger charge is -2.04. The van der Waals surface area contributed by atoms with E-state index in [1.54, 1.807) is 4.68 Å². The highest BCUT2D eigenvalue weighted by molar-refractivity contribution is 7.19. The molecule has 1 N–H and O–H groups in total. The molecule has 0 unspecified atom stereocenters. The Labute approximate surface area is 188 Å². The lowest BCUT2D eigenvalue weighted by atomic mass is 10.1. The summed E-state index contributed by atoms with van der Waals surface area (Å²) in [5.74, 6) is -0.117. The van der Waals surface area contributed by atoms with Crippen LogP contribution < -0.4 is 5.32 Å². The second-order valence-corrected chi connectivity index (χ2v) is 8.07. The average Bonchev–Trinajstić information content (AvgIpc) is 3.51. The summed E-state index contributed by atoms with van der Waals surface area (Å²) >= 11 is 1.48. The molecule has 156 valence electrons. The minimum absolute atomic E-state index is 0.117. The number of carbonyl (C=O) groups is 1. The molecule has 0 saturated heterocycles. The number of anilines is 1. The molecule has 0 atom stereocenters. The van der Waals surface area contributed by atoms with E-state index in [0.717, 1.165) is 32.9 Å². The molecule has 32 heavy (non-hydrogen) atoms. The summed E-state index contributed by atoms with van der Waals surface area (Å²) in [4.78, 5) is 18.5. The topological polar surface area (TPSA) is 85.6 Å². The van der Waals surface area contributed by atoms with Gasteiger partial charge in [0.15, 0.2) is 5.13 Å². The Bertz CT molecular complexity index is 1260. The maximum absolute atomic E-state index is 12.7. The lowest BCUT2D eigenvalue weighted by molar-refractivity contribution is -0.115. The van der Waals surface area contributed by atoms with Gasteiger partial charge < -0.3 is 5.32 Å². The minimum Gasteiger partial charge on any atom is -0.302 e. The third-order valence-electron chi connectivity index (χ3n) is 4.87. The molecule has 0 aliphatic heterocycles. The van der Waals surface area contributed by atoms with Crippen LogP contribution in [-0.2, 0) is 11.2 Å². The Morgan fingerprint density at radius 2 is 1.56 bits per heavy atom. The first-order valence-electron chi connectivity index (χ1n) is 10.00. The first-order chi connectivity index (χ1) is 15.8. The van der Waals surface area contributed by atoms with Crippen molar-refractivity contribution in [3.8, 4) is 27.4 Å². The van der Waals surface area contributed by atoms with Crippen LogP contribution in [-0.4, -0.2) is 31.1 Å². The number of hydrogen-bond donors (Lipinski definition) is 1. The number of thiazole rings is 1. The van der Waals surface area contributed by atoms with Gasteiger partial charge >= 0.3 is 0 Å². The number of aromatic nitrogens is 5. The van der Waals surface area contributed by atoms with E-state index in [0.29, 0.717) is 5.13 Å². The summed E-state index contributed by atoms with van der Waals surface area (Å²) in [6.45, 7) is 0. The van der Waals surface area contributed by atoms with Crippen LogP contribution >= 0.6 is 11.3 Å². The summed E-state index contributed by atoms with van der Waals surface area (Å²) in [7, 11) is 0. The summed E-state index contributed by atoms with van der Waals surface area (Å²) in [5.41, 5.74) is 4.67. The molecule has 3 aromatic carbocycles. The normalized spacial score (nSPS) is 10.8. The van der Waals surface area contributed by atoms with Gasteiger partial charge in [0.2, 0.25) is 5.91 Å². The Morgan fingerprint density at radius 3 is 2.22 bits per heavy atom. The van der Waals surface area contributed by atoms with Crippen LogP contribution in [0.3, 0.4) is 0 Å². The zero-order valence-corrected chi connectivity index (χ0v) is 17.7. The molecule has 0 bridgehead atoms. The van der Waals surface area contributed by atoms with Gasteiger partial charge in [0, 0.05) is 5.56 Å². The number of carbonyl (C=O) groups excluding carboxylic acids is 1. The van der Waals surface area contributed by atoms with E-state index in [2.05, 4.69) is 33.0 Å². The van der Waals surface area contributed by atoms with Crippen molar-refractivity contribution < 1.29 is 4.79 Å². The fraction of sp³-hybridized carbons (Fsp3) is 0.0417. The molecule has 0 aliphatic rings. The largest absolute Gasteiger partial charge is 0.302 e. The van der Waals surface area contributed by atoms with Crippen LogP contribution in [0.2, 0.25) is 0 Å². The SMILES string of the molecule is O=C(Cc1ccc(-n2cnnn2)cc1)Nc1nc(-c2ccccc2)c(-c2ccccc2)s1. The van der Waals surface area contributed by atoms with E-state index < -0.39 is 0 Å². The second kappa shape index (κ2) is 8.91. The van der Waals surface area contributed by atoms with Crippen molar-refractivity contribution in [2.45, 2.75) is 6.42 Å². The first kappa shape index (κ1) is 19.8. The van der Waals surface area contributed by atoms with Crippen molar-refractivity contribution in [1.82, 2.24) is 25.2 Å². The number of rotatable bonds is 6. The van der Waals surface area contributed by atoms with Gasteiger partial charge in [0.25, 0.3) is 0 Å². The van der Waals surface area contributed by atoms with Crippen molar-refractivity contribution in [3.05, 3.63) is 96.8 Å². The highest BCUT2D eigenvalue weighted by Gasteiger charge is 2.16. The Hall–Kier alpha value is -4.17. The summed E-state index contributed by atoms with van der Waals surface area (Å²) in [5, 5.41) is 14.7. The van der Waals surface area contributed by atoms with E-state index in [-0.39, 0.29) is 12.3 Å². The smallest absolute Gasteiger partial charge is 0.230 e. The quantitative estimate of drug-likeness (QED) is 0.418. The fourth-order valence-corrected chi connectivity index (χ4v) is 4.35. The zero-order chi connectivity index (χ0) is 21.8. The van der Waals surface area contributed by atoms with Crippen LogP contribution in [0.5, 0.6) is 0 Å². The van der Waals surface area contributed by atoms with Crippen LogP contribution in [0.25, 0.3) is 27.4 Å². The molecule has 0 fully saturated rings. The molecule has 0 radical (unpaired) electrons. The van der Waals surface area contributed by atoms with Crippen molar-refractivity contribution in [1.29, 1.82) is 0 Å². The molecule has 2 heterocycles. The van der Waals surface area contributed by atoms with Gasteiger partial charge in [-0.05, 0) is 33.7 Å². The molecule has 5 aromatic rings. The third kappa shape index (κ3) is 4.30. The third-order valence-corrected chi connectivity index (χ3v) is 5.89. The predicted octanol–water partition coefficient (Wildman–Crippen LogP) is 4.63. The minimum atomic E-state index is -0.117. The van der Waals surface area contributed by atoms with Gasteiger partial charge in [-0.25, -0.2) is 9.67 Å². The fourth-order valence-electron chi connectivity index (χ4n) is 3.35. The Kier molecular flexibility index (Phi) is 5.50. The Balaban J connectivity index is 1.36. The predicted molar refractivity (Wildman–Crippen MR) is 124 cm³/mol. The van der Waals surface area contributed by atoms with Crippen LogP contribution in [0.4, 0.5) is 5.13 Å². The molecule has 0 aliphatic carbocycles. The monoisotopic (exact) mass is 438 g/mol. The van der Waals surface area contributed by atoms with Crippen molar-refractivity contribution in [3.63, 3.8) is 0 Å². The molecular weight excluding hydrogens is 420 g/mol. The van der Waals surface area contributed by atoms with Crippen molar-refractivity contribution in [2.75, 3.05) is 5.32 Å². The second-order valence-electron chi connectivity index (χ2n) is 7.07. The molecule has 1 amide bonds. The highest BCUT2D eigenvalue weighted by atomic mass is 32.1. The van der Waals surface area contributed by atoms with E-state index in [9.17, 15) is 4.79 Å². The Morgan fingerprint density at radius 1 is 0.875 bits per heavy atom. The molecule has 5 rings (SSSR count). The number of tetrazole rings is 1. The first-order valence-corrected chi connectivity index (χ1v) is 10.8. The van der Waals surface area contributed by atoms with Gasteiger partial charge in [0.05, 0.1) is 22.7 Å². The van der Waals surface area contributed by atoms with E-state index in [1.165, 1.54) is 17.7 Å². The molecule has 8 heteroatoms. The van der Waals surface area contributed by atoms with E-state index >= 15 is 0 Å². The maximum Gasteiger partial charge on any atom is 0.230 e. The molecule has 0 spiro atoms. The van der Waals surface area contributed by atoms with Gasteiger partial charge in [-0.1, -0.05) is 84.1 Å². The van der Waals surface area contributed by atoms with Gasteiger partial charge in [0.1, 0.15) is 6.33 Å². The molecule has 0 saturated carbocycles. The number of benzene rings is 3. The van der Waals surface area contributed by atoms with Gasteiger partial charge in [-0.2, -0.15) is 0 Å². The molecule has 7 nitrogen and oxygen atoms in total. The number of nitrogens with zero attached hydrogens (tertiary/aromatic N) is 5. The molecular formula is C24H18N6OS. The highest BCUT2D eigenvalue weighted by Crippen LogP contribution is 2.38. The maximum atomic E-state index is 12.7. The molecule has 2 aromatic heterocycles. The van der Waals surface area contributed by atoms with Crippen LogP contribution in [0.1, 0.15) is 5.56 Å². The van der Waals surface area contributed by atoms with Crippen molar-refractivity contribution in [2.24, 2.45) is 0 Å². The van der Waals surface area contributed by atoms with Crippen molar-refractivity contribution >= 4 is 22.4 Å². The number of hydrogen-bond acceptors (Lipinski definition) is 6. The summed E-state index contributed by atoms with van der Waals surface area (Å²) in [6, 6.07) is 27.6. The summed E-state index contributed by atoms with van der Waals surface area (Å²) < 4.78 is 1.57. The van der Waals surface area contributed by atoms with Gasteiger partial charge in [-0.3, -0.25) is 4.79 Å². The number of amides is 1.